The second kappa shape index (κ2) is 8.36. The average Bonchev–Trinajstić information content (AvgIpc) is 3.06. The zero-order valence-corrected chi connectivity index (χ0v) is 18.0. The number of likely N-dealkylation sites (N-methyl/N-ethyl adjacent to an activating group) is 1. The number of hydrogen-bond acceptors (Lipinski definition) is 9. The Morgan fingerprint density at radius 2 is 1.94 bits per heavy atom. The smallest absolute Gasteiger partial charge is 0.321 e. The normalized spacial score (nSPS) is 27.2. The Kier molecular flexibility index (Phi) is 5.89. The van der Waals surface area contributed by atoms with Gasteiger partial charge in [-0.2, -0.15) is 0 Å². The number of aliphatic hydroxyl groups is 2. The van der Waals surface area contributed by atoms with Crippen molar-refractivity contribution in [3.05, 3.63) is 33.2 Å². The summed E-state index contributed by atoms with van der Waals surface area (Å²) in [7, 11) is 1.87. The average molecular weight is 448 g/mol. The van der Waals surface area contributed by atoms with Crippen LogP contribution < -0.4 is 5.43 Å². The summed E-state index contributed by atoms with van der Waals surface area (Å²) in [6, 6.07) is 0.239. The molecule has 0 amide bonds. The molecule has 2 aromatic rings. The highest BCUT2D eigenvalue weighted by atomic mass is 16.4. The molecule has 0 saturated carbocycles. The molecule has 2 aliphatic rings. The summed E-state index contributed by atoms with van der Waals surface area (Å²) in [4.78, 5) is 27.8. The number of carbonyl (C=O) groups is 1. The van der Waals surface area contributed by atoms with Gasteiger partial charge in [0.05, 0.1) is 17.8 Å². The highest BCUT2D eigenvalue weighted by Gasteiger charge is 2.39. The standard InChI is InChI=1S/C22H28N2O8/c1-10-5-15(26)18-20(29)13(8-24-7-11(25)6-14(24)22(30)31)19(28)17(21(18)32-10)12-3-4-23(2)9-16(12)27/h5,11-12,14,16,25,27-29H,3-4,6-9H2,1-2H3,(H,30,31)/t11?,12-,14?,16+/m0/s1. The molecule has 0 aliphatic carbocycles. The maximum atomic E-state index is 12.8. The third kappa shape index (κ3) is 3.83. The lowest BCUT2D eigenvalue weighted by Gasteiger charge is -2.35. The topological polar surface area (TPSA) is 155 Å². The van der Waals surface area contributed by atoms with Crippen molar-refractivity contribution in [2.75, 3.05) is 26.7 Å². The number of carboxylic acid groups (broad SMARTS) is 1. The summed E-state index contributed by atoms with van der Waals surface area (Å²) in [6.07, 6.45) is -1.19. The van der Waals surface area contributed by atoms with Crippen LogP contribution in [0.25, 0.3) is 11.0 Å². The molecule has 4 rings (SSSR count). The van der Waals surface area contributed by atoms with Gasteiger partial charge in [-0.05, 0) is 26.9 Å². The van der Waals surface area contributed by atoms with Crippen molar-refractivity contribution >= 4 is 16.9 Å². The molecule has 0 bridgehead atoms. The van der Waals surface area contributed by atoms with Crippen LogP contribution in [0.2, 0.25) is 0 Å². The molecular formula is C22H28N2O8. The van der Waals surface area contributed by atoms with E-state index in [9.17, 15) is 35.1 Å². The summed E-state index contributed by atoms with van der Waals surface area (Å²) < 4.78 is 5.77. The van der Waals surface area contributed by atoms with Gasteiger partial charge >= 0.3 is 5.97 Å². The lowest BCUT2D eigenvalue weighted by molar-refractivity contribution is -0.142. The molecule has 3 heterocycles. The van der Waals surface area contributed by atoms with Gasteiger partial charge in [-0.1, -0.05) is 0 Å². The quantitative estimate of drug-likeness (QED) is 0.441. The van der Waals surface area contributed by atoms with Gasteiger partial charge in [0, 0.05) is 43.6 Å². The van der Waals surface area contributed by atoms with E-state index in [4.69, 9.17) is 4.42 Å². The van der Waals surface area contributed by atoms with E-state index in [1.807, 2.05) is 11.9 Å². The summed E-state index contributed by atoms with van der Waals surface area (Å²) in [5.74, 6) is -2.18. The fourth-order valence-corrected chi connectivity index (χ4v) is 4.99. The summed E-state index contributed by atoms with van der Waals surface area (Å²) >= 11 is 0. The first-order valence-corrected chi connectivity index (χ1v) is 10.6. The predicted molar refractivity (Wildman–Crippen MR) is 114 cm³/mol. The van der Waals surface area contributed by atoms with Gasteiger partial charge in [0.2, 0.25) is 0 Å². The van der Waals surface area contributed by atoms with Crippen LogP contribution in [0.1, 0.15) is 35.6 Å². The highest BCUT2D eigenvalue weighted by Crippen LogP contribution is 2.46. The van der Waals surface area contributed by atoms with Crippen LogP contribution >= 0.6 is 0 Å². The first-order valence-electron chi connectivity index (χ1n) is 10.6. The third-order valence-corrected chi connectivity index (χ3v) is 6.56. The molecule has 0 spiro atoms. The van der Waals surface area contributed by atoms with Gasteiger partial charge in [0.25, 0.3) is 0 Å². The van der Waals surface area contributed by atoms with Crippen molar-refractivity contribution in [1.82, 2.24) is 9.80 Å². The number of fused-ring (bicyclic) bond motifs is 1. The minimum Gasteiger partial charge on any atom is -0.507 e. The first kappa shape index (κ1) is 22.5. The maximum absolute atomic E-state index is 12.8. The lowest BCUT2D eigenvalue weighted by Crippen LogP contribution is -2.40. The molecule has 4 atom stereocenters. The van der Waals surface area contributed by atoms with Gasteiger partial charge in [0.15, 0.2) is 5.43 Å². The number of aliphatic hydroxyl groups excluding tert-OH is 2. The molecule has 32 heavy (non-hydrogen) atoms. The fraction of sp³-hybridized carbons (Fsp3) is 0.545. The molecular weight excluding hydrogens is 420 g/mol. The fourth-order valence-electron chi connectivity index (χ4n) is 4.99. The van der Waals surface area contributed by atoms with Gasteiger partial charge in [-0.3, -0.25) is 14.5 Å². The minimum absolute atomic E-state index is 0.0184. The molecule has 2 unspecified atom stereocenters. The van der Waals surface area contributed by atoms with Crippen molar-refractivity contribution in [2.24, 2.45) is 0 Å². The predicted octanol–water partition coefficient (Wildman–Crippen LogP) is 0.312. The third-order valence-electron chi connectivity index (χ3n) is 6.56. The van der Waals surface area contributed by atoms with Crippen molar-refractivity contribution in [1.29, 1.82) is 0 Å². The Bertz CT molecular complexity index is 1110. The molecule has 174 valence electrons. The molecule has 2 fully saturated rings. The molecule has 2 saturated heterocycles. The van der Waals surface area contributed by atoms with Gasteiger partial charge in [-0.15, -0.1) is 0 Å². The zero-order valence-electron chi connectivity index (χ0n) is 18.0. The number of likely N-dealkylation sites (tertiary alicyclic amines) is 2. The number of phenols is 2. The van der Waals surface area contributed by atoms with Crippen molar-refractivity contribution in [2.45, 2.75) is 50.5 Å². The van der Waals surface area contributed by atoms with E-state index in [-0.39, 0.29) is 47.4 Å². The van der Waals surface area contributed by atoms with Crippen LogP contribution in [-0.4, -0.2) is 86.2 Å². The first-order chi connectivity index (χ1) is 15.1. The number of aromatic hydroxyl groups is 2. The van der Waals surface area contributed by atoms with Crippen LogP contribution in [0.4, 0.5) is 0 Å². The van der Waals surface area contributed by atoms with E-state index < -0.39 is 41.3 Å². The van der Waals surface area contributed by atoms with Crippen LogP contribution in [0.5, 0.6) is 11.5 Å². The second-order valence-corrected chi connectivity index (χ2v) is 8.91. The summed E-state index contributed by atoms with van der Waals surface area (Å²) in [5.41, 5.74) is -0.253. The van der Waals surface area contributed by atoms with Crippen molar-refractivity contribution in [3.8, 4) is 11.5 Å². The Morgan fingerprint density at radius 1 is 1.22 bits per heavy atom. The number of β-amino-alcohol motifs (C(OH)–C–C–N with tert-alkyl or cyclic N) is 2. The Balaban J connectivity index is 1.91. The Labute approximate surface area is 183 Å². The number of benzene rings is 1. The number of carboxylic acids is 1. The monoisotopic (exact) mass is 448 g/mol. The minimum atomic E-state index is -1.12. The number of phenolic OH excluding ortho intramolecular Hbond substituents is 2. The Morgan fingerprint density at radius 3 is 2.59 bits per heavy atom. The SMILES string of the molecule is Cc1cc(=O)c2c(O)c(CN3CC(O)CC3C(=O)O)c(O)c([C@H]3CCN(C)C[C@H]3O)c2o1. The van der Waals surface area contributed by atoms with Crippen molar-refractivity contribution in [3.63, 3.8) is 0 Å². The van der Waals surface area contributed by atoms with Gasteiger partial charge in [0.1, 0.15) is 34.3 Å². The molecule has 10 nitrogen and oxygen atoms in total. The second-order valence-electron chi connectivity index (χ2n) is 8.91. The van der Waals surface area contributed by atoms with E-state index >= 15 is 0 Å². The molecule has 0 radical (unpaired) electrons. The van der Waals surface area contributed by atoms with E-state index in [0.717, 1.165) is 0 Å². The van der Waals surface area contributed by atoms with Crippen LogP contribution in [0.15, 0.2) is 15.3 Å². The molecule has 10 heteroatoms. The van der Waals surface area contributed by atoms with E-state index in [0.29, 0.717) is 25.3 Å². The number of rotatable bonds is 4. The maximum Gasteiger partial charge on any atom is 0.321 e. The van der Waals surface area contributed by atoms with Crippen LogP contribution in [0.3, 0.4) is 0 Å². The lowest BCUT2D eigenvalue weighted by atomic mass is 9.84. The number of hydrogen-bond donors (Lipinski definition) is 5. The molecule has 2 aliphatic heterocycles. The van der Waals surface area contributed by atoms with E-state index in [1.165, 1.54) is 11.0 Å². The van der Waals surface area contributed by atoms with Crippen molar-refractivity contribution < 1.29 is 34.7 Å². The van der Waals surface area contributed by atoms with E-state index in [2.05, 4.69) is 0 Å². The number of piperidine rings is 1. The van der Waals surface area contributed by atoms with E-state index in [1.54, 1.807) is 6.92 Å². The molecule has 1 aromatic heterocycles. The van der Waals surface area contributed by atoms with Crippen LogP contribution in [0, 0.1) is 6.92 Å². The summed E-state index contributed by atoms with van der Waals surface area (Å²) in [6.45, 7) is 2.44. The zero-order chi connectivity index (χ0) is 23.3. The molecule has 1 aromatic carbocycles. The number of aliphatic carboxylic acids is 1. The Hall–Kier alpha value is -2.66. The van der Waals surface area contributed by atoms with Gasteiger partial charge < -0.3 is 34.8 Å². The van der Waals surface area contributed by atoms with Crippen LogP contribution in [-0.2, 0) is 11.3 Å². The van der Waals surface area contributed by atoms with Gasteiger partial charge in [-0.25, -0.2) is 0 Å². The molecule has 5 N–H and O–H groups in total. The largest absolute Gasteiger partial charge is 0.507 e. The summed E-state index contributed by atoms with van der Waals surface area (Å²) in [5, 5.41) is 52.3. The highest BCUT2D eigenvalue weighted by molar-refractivity contribution is 5.90. The number of nitrogens with zero attached hydrogens (tertiary/aromatic N) is 2. The number of aryl methyl sites for hydroxylation is 1.